The van der Waals surface area contributed by atoms with Crippen LogP contribution in [0, 0.1) is 5.41 Å². The van der Waals surface area contributed by atoms with E-state index in [2.05, 4.69) is 12.1 Å². The van der Waals surface area contributed by atoms with E-state index in [-0.39, 0.29) is 5.78 Å². The molecule has 0 fully saturated rings. The third-order valence-corrected chi connectivity index (χ3v) is 4.95. The number of hydrogen-bond donors (Lipinski definition) is 0. The Labute approximate surface area is 157 Å². The largest absolute Gasteiger partial charge is 0.465 e. The molecule has 4 heteroatoms. The van der Waals surface area contributed by atoms with Crippen molar-refractivity contribution < 1.29 is 14.3 Å². The predicted octanol–water partition coefficient (Wildman–Crippen LogP) is 5.26. The topological polar surface area (TPSA) is 47.8 Å². The molecule has 0 aliphatic carbocycles. The molecular weight excluding hydrogens is 338 g/mol. The number of carbonyl (C=O) groups excluding carboxylic acids is 2. The second-order valence-electron chi connectivity index (χ2n) is 7.79. The molecule has 136 valence electrons. The van der Waals surface area contributed by atoms with Gasteiger partial charge >= 0.3 is 5.97 Å². The number of rotatable bonds is 2. The normalized spacial score (nSPS) is 12.0. The second-order valence-corrected chi connectivity index (χ2v) is 7.79. The van der Waals surface area contributed by atoms with E-state index in [4.69, 9.17) is 4.74 Å². The van der Waals surface area contributed by atoms with E-state index in [9.17, 15) is 9.59 Å². The van der Waals surface area contributed by atoms with E-state index in [1.165, 1.54) is 7.11 Å². The zero-order valence-electron chi connectivity index (χ0n) is 15.9. The zero-order valence-corrected chi connectivity index (χ0v) is 15.9. The van der Waals surface area contributed by atoms with Gasteiger partial charge in [0.2, 0.25) is 0 Å². The Morgan fingerprint density at radius 1 is 0.889 bits per heavy atom. The Kier molecular flexibility index (Phi) is 3.81. The van der Waals surface area contributed by atoms with Gasteiger partial charge in [0.1, 0.15) is 0 Å². The van der Waals surface area contributed by atoms with Gasteiger partial charge in [-0.2, -0.15) is 0 Å². The van der Waals surface area contributed by atoms with E-state index < -0.39 is 11.4 Å². The molecule has 2 aromatic heterocycles. The van der Waals surface area contributed by atoms with E-state index in [0.29, 0.717) is 16.8 Å². The van der Waals surface area contributed by atoms with Crippen LogP contribution in [0.4, 0.5) is 0 Å². The van der Waals surface area contributed by atoms with Gasteiger partial charge in [0.05, 0.1) is 29.4 Å². The lowest BCUT2D eigenvalue weighted by atomic mass is 9.89. The number of benzene rings is 2. The Morgan fingerprint density at radius 2 is 1.59 bits per heavy atom. The fraction of sp³-hybridized carbons (Fsp3) is 0.217. The number of aromatic nitrogens is 1. The maximum atomic E-state index is 13.1. The lowest BCUT2D eigenvalue weighted by Crippen LogP contribution is -2.21. The summed E-state index contributed by atoms with van der Waals surface area (Å²) in [6, 6.07) is 17.7. The van der Waals surface area contributed by atoms with Crippen LogP contribution in [0.3, 0.4) is 0 Å². The summed E-state index contributed by atoms with van der Waals surface area (Å²) in [6.07, 6.45) is 0. The van der Waals surface area contributed by atoms with Gasteiger partial charge in [-0.25, -0.2) is 4.79 Å². The fourth-order valence-corrected chi connectivity index (χ4v) is 3.59. The number of carbonyl (C=O) groups is 2. The summed E-state index contributed by atoms with van der Waals surface area (Å²) in [5.74, 6) is -0.464. The molecule has 0 radical (unpaired) electrons. The average Bonchev–Trinajstić information content (AvgIpc) is 3.05. The first-order valence-electron chi connectivity index (χ1n) is 8.92. The molecule has 0 N–H and O–H groups in total. The quantitative estimate of drug-likeness (QED) is 0.279. The van der Waals surface area contributed by atoms with Crippen LogP contribution in [0.5, 0.6) is 0 Å². The van der Waals surface area contributed by atoms with Gasteiger partial charge in [-0.3, -0.25) is 4.79 Å². The van der Waals surface area contributed by atoms with Crippen LogP contribution in [0.2, 0.25) is 0 Å². The fourth-order valence-electron chi connectivity index (χ4n) is 3.59. The SMILES string of the molecule is COC(=O)c1cc(C(=O)C(C)(C)C)n2c1ccc1c3ccccc3ccc12. The van der Waals surface area contributed by atoms with E-state index >= 15 is 0 Å². The lowest BCUT2D eigenvalue weighted by molar-refractivity contribution is 0.0603. The molecule has 0 saturated carbocycles. The van der Waals surface area contributed by atoms with Gasteiger partial charge in [-0.15, -0.1) is 0 Å². The molecule has 0 aliphatic rings. The van der Waals surface area contributed by atoms with Crippen molar-refractivity contribution in [1.82, 2.24) is 4.40 Å². The highest BCUT2D eigenvalue weighted by atomic mass is 16.5. The molecule has 4 nitrogen and oxygen atoms in total. The summed E-state index contributed by atoms with van der Waals surface area (Å²) in [7, 11) is 1.35. The van der Waals surface area contributed by atoms with Crippen molar-refractivity contribution >= 4 is 38.9 Å². The third kappa shape index (κ3) is 2.60. The maximum Gasteiger partial charge on any atom is 0.340 e. The van der Waals surface area contributed by atoms with Crippen LogP contribution in [-0.4, -0.2) is 23.3 Å². The lowest BCUT2D eigenvalue weighted by Gasteiger charge is -2.17. The molecule has 0 aliphatic heterocycles. The van der Waals surface area contributed by atoms with Crippen LogP contribution < -0.4 is 0 Å². The summed E-state index contributed by atoms with van der Waals surface area (Å²) in [5, 5.41) is 3.28. The molecule has 0 saturated heterocycles. The first-order chi connectivity index (χ1) is 12.8. The minimum atomic E-state index is -0.569. The number of hydrogen-bond acceptors (Lipinski definition) is 3. The summed E-state index contributed by atoms with van der Waals surface area (Å²) in [4.78, 5) is 25.5. The molecule has 2 heterocycles. The van der Waals surface area contributed by atoms with Crippen molar-refractivity contribution in [2.45, 2.75) is 20.8 Å². The predicted molar refractivity (Wildman–Crippen MR) is 108 cm³/mol. The number of pyridine rings is 1. The first-order valence-corrected chi connectivity index (χ1v) is 8.92. The number of nitrogens with zero attached hydrogens (tertiary/aromatic N) is 1. The molecule has 0 spiro atoms. The van der Waals surface area contributed by atoms with Crippen LogP contribution in [0.15, 0.2) is 54.6 Å². The number of methoxy groups -OCH3 is 1. The molecule has 27 heavy (non-hydrogen) atoms. The molecule has 0 amide bonds. The molecule has 2 aromatic carbocycles. The van der Waals surface area contributed by atoms with Crippen LogP contribution in [0.25, 0.3) is 27.2 Å². The molecule has 0 atom stereocenters. The minimum Gasteiger partial charge on any atom is -0.465 e. The number of fused-ring (bicyclic) bond motifs is 5. The highest BCUT2D eigenvalue weighted by Gasteiger charge is 2.29. The van der Waals surface area contributed by atoms with Crippen LogP contribution >= 0.6 is 0 Å². The van der Waals surface area contributed by atoms with E-state index in [0.717, 1.165) is 21.7 Å². The Bertz CT molecular complexity index is 1230. The molecule has 0 bridgehead atoms. The van der Waals surface area contributed by atoms with Gasteiger partial charge in [0.25, 0.3) is 0 Å². The van der Waals surface area contributed by atoms with E-state index in [1.54, 1.807) is 6.07 Å². The van der Waals surface area contributed by atoms with Gasteiger partial charge in [-0.05, 0) is 29.0 Å². The second kappa shape index (κ2) is 5.95. The zero-order chi connectivity index (χ0) is 19.3. The Hall–Kier alpha value is -3.14. The minimum absolute atomic E-state index is 0.0201. The average molecular weight is 359 g/mol. The molecule has 4 rings (SSSR count). The van der Waals surface area contributed by atoms with Crippen molar-refractivity contribution in [3.63, 3.8) is 0 Å². The van der Waals surface area contributed by atoms with Crippen molar-refractivity contribution in [1.29, 1.82) is 0 Å². The smallest absolute Gasteiger partial charge is 0.340 e. The number of esters is 1. The highest BCUT2D eigenvalue weighted by molar-refractivity contribution is 6.11. The van der Waals surface area contributed by atoms with E-state index in [1.807, 2.05) is 61.6 Å². The van der Waals surface area contributed by atoms with Crippen LogP contribution in [-0.2, 0) is 4.74 Å². The summed E-state index contributed by atoms with van der Waals surface area (Å²) in [6.45, 7) is 5.65. The number of ether oxygens (including phenoxy) is 1. The summed E-state index contributed by atoms with van der Waals surface area (Å²) < 4.78 is 6.83. The van der Waals surface area contributed by atoms with Crippen molar-refractivity contribution in [2.75, 3.05) is 7.11 Å². The van der Waals surface area contributed by atoms with Gasteiger partial charge < -0.3 is 9.14 Å². The molecule has 0 unspecified atom stereocenters. The molecule has 4 aromatic rings. The van der Waals surface area contributed by atoms with Gasteiger partial charge in [0.15, 0.2) is 5.78 Å². The first kappa shape index (κ1) is 17.3. The Balaban J connectivity index is 2.18. The van der Waals surface area contributed by atoms with Gasteiger partial charge in [0, 0.05) is 10.8 Å². The highest BCUT2D eigenvalue weighted by Crippen LogP contribution is 2.32. The number of Topliss-reactive ketones (excluding diaryl/α,β-unsaturated/α-hetero) is 1. The standard InChI is InChI=1S/C23H21NO3/c1-23(2,3)21(25)20-13-17(22(26)27-4)19-12-10-16-15-8-6-5-7-14(15)9-11-18(16)24(19)20/h5-13H,1-4H3. The third-order valence-electron chi connectivity index (χ3n) is 4.95. The Morgan fingerprint density at radius 3 is 2.30 bits per heavy atom. The maximum absolute atomic E-state index is 13.1. The molecular formula is C23H21NO3. The number of ketones is 1. The van der Waals surface area contributed by atoms with Crippen molar-refractivity contribution in [2.24, 2.45) is 5.41 Å². The summed E-state index contributed by atoms with van der Waals surface area (Å²) in [5.41, 5.74) is 1.91. The van der Waals surface area contributed by atoms with Crippen molar-refractivity contribution in [3.8, 4) is 0 Å². The summed E-state index contributed by atoms with van der Waals surface area (Å²) >= 11 is 0. The van der Waals surface area contributed by atoms with Crippen molar-refractivity contribution in [3.05, 3.63) is 65.9 Å². The van der Waals surface area contributed by atoms with Gasteiger partial charge in [-0.1, -0.05) is 57.2 Å². The monoisotopic (exact) mass is 359 g/mol. The van der Waals surface area contributed by atoms with Crippen LogP contribution in [0.1, 0.15) is 41.6 Å².